The first-order valence-electron chi connectivity index (χ1n) is 5.43. The van der Waals surface area contributed by atoms with E-state index in [1.807, 2.05) is 0 Å². The number of nitrogens with zero attached hydrogens (tertiary/aromatic N) is 2. The summed E-state index contributed by atoms with van der Waals surface area (Å²) in [5, 5.41) is 2.67. The fraction of sp³-hybridized carbons (Fsp3) is 0.0833. The van der Waals surface area contributed by atoms with Gasteiger partial charge in [0.25, 0.3) is 5.91 Å². The second-order valence-electron chi connectivity index (χ2n) is 3.74. The highest BCUT2D eigenvalue weighted by Gasteiger charge is 2.13. The van der Waals surface area contributed by atoms with Crippen molar-refractivity contribution in [1.29, 1.82) is 0 Å². The molecule has 0 bridgehead atoms. The van der Waals surface area contributed by atoms with Gasteiger partial charge in [-0.3, -0.25) is 4.79 Å². The Bertz CT molecular complexity index is 664. The maximum atomic E-state index is 12.1. The summed E-state index contributed by atoms with van der Waals surface area (Å²) in [4.78, 5) is 19.6. The van der Waals surface area contributed by atoms with Crippen molar-refractivity contribution >= 4 is 40.6 Å². The Hall–Kier alpha value is -2.05. The van der Waals surface area contributed by atoms with Crippen LogP contribution in [0.1, 0.15) is 10.4 Å². The number of nitrogen functional groups attached to an aromatic ring is 1. The van der Waals surface area contributed by atoms with Crippen LogP contribution in [0.3, 0.4) is 0 Å². The molecular formula is C12H10Cl2N4O2. The highest BCUT2D eigenvalue weighted by Crippen LogP contribution is 2.27. The SMILES string of the molecule is COc1cc(C(=O)Nc2ncnc(Cl)c2Cl)ccc1N. The summed E-state index contributed by atoms with van der Waals surface area (Å²) in [5.41, 5.74) is 6.47. The molecule has 104 valence electrons. The van der Waals surface area contributed by atoms with Crippen molar-refractivity contribution in [3.05, 3.63) is 40.3 Å². The number of ether oxygens (including phenoxy) is 1. The Morgan fingerprint density at radius 2 is 2.10 bits per heavy atom. The second kappa shape index (κ2) is 5.94. The van der Waals surface area contributed by atoms with Crippen LogP contribution in [0, 0.1) is 0 Å². The lowest BCUT2D eigenvalue weighted by Crippen LogP contribution is -2.14. The molecule has 0 saturated heterocycles. The summed E-state index contributed by atoms with van der Waals surface area (Å²) in [6.07, 6.45) is 1.20. The van der Waals surface area contributed by atoms with Crippen molar-refractivity contribution in [1.82, 2.24) is 9.97 Å². The summed E-state index contributed by atoms with van der Waals surface area (Å²) in [5.74, 6) is 0.122. The number of hydrogen-bond donors (Lipinski definition) is 2. The number of halogens is 2. The predicted octanol–water partition coefficient (Wildman–Crippen LogP) is 2.63. The van der Waals surface area contributed by atoms with Crippen LogP contribution >= 0.6 is 23.2 Å². The molecule has 8 heteroatoms. The van der Waals surface area contributed by atoms with E-state index in [1.54, 1.807) is 12.1 Å². The Morgan fingerprint density at radius 3 is 2.80 bits per heavy atom. The van der Waals surface area contributed by atoms with Crippen LogP contribution in [-0.2, 0) is 0 Å². The van der Waals surface area contributed by atoms with Crippen molar-refractivity contribution in [3.8, 4) is 5.75 Å². The van der Waals surface area contributed by atoms with Crippen molar-refractivity contribution in [2.45, 2.75) is 0 Å². The number of rotatable bonds is 3. The van der Waals surface area contributed by atoms with Gasteiger partial charge >= 0.3 is 0 Å². The molecule has 0 aliphatic carbocycles. The molecule has 2 aromatic rings. The van der Waals surface area contributed by atoms with Gasteiger partial charge in [-0.25, -0.2) is 9.97 Å². The van der Waals surface area contributed by atoms with Gasteiger partial charge in [0, 0.05) is 5.56 Å². The Kier molecular flexibility index (Phi) is 4.26. The van der Waals surface area contributed by atoms with Gasteiger partial charge in [-0.2, -0.15) is 0 Å². The zero-order valence-corrected chi connectivity index (χ0v) is 11.9. The fourth-order valence-electron chi connectivity index (χ4n) is 1.47. The Labute approximate surface area is 124 Å². The van der Waals surface area contributed by atoms with E-state index in [-0.39, 0.29) is 16.0 Å². The maximum absolute atomic E-state index is 12.1. The summed E-state index contributed by atoms with van der Waals surface area (Å²) >= 11 is 11.6. The van der Waals surface area contributed by atoms with E-state index in [1.165, 1.54) is 19.5 Å². The first-order chi connectivity index (χ1) is 9.52. The average molecular weight is 313 g/mol. The van der Waals surface area contributed by atoms with Crippen molar-refractivity contribution < 1.29 is 9.53 Å². The predicted molar refractivity (Wildman–Crippen MR) is 77.4 cm³/mol. The topological polar surface area (TPSA) is 90.1 Å². The van der Waals surface area contributed by atoms with E-state index in [2.05, 4.69) is 15.3 Å². The quantitative estimate of drug-likeness (QED) is 0.671. The van der Waals surface area contributed by atoms with Crippen molar-refractivity contribution in [2.24, 2.45) is 0 Å². The number of carbonyl (C=O) groups excluding carboxylic acids is 1. The van der Waals surface area contributed by atoms with Gasteiger partial charge in [0.2, 0.25) is 0 Å². The van der Waals surface area contributed by atoms with Crippen LogP contribution in [0.5, 0.6) is 5.75 Å². The van der Waals surface area contributed by atoms with Crippen molar-refractivity contribution in [2.75, 3.05) is 18.2 Å². The highest BCUT2D eigenvalue weighted by atomic mass is 35.5. The molecule has 0 aliphatic rings. The van der Waals surface area contributed by atoms with Crippen LogP contribution < -0.4 is 15.8 Å². The lowest BCUT2D eigenvalue weighted by atomic mass is 10.2. The van der Waals surface area contributed by atoms with Crippen LogP contribution in [0.15, 0.2) is 24.5 Å². The minimum atomic E-state index is -0.417. The monoisotopic (exact) mass is 312 g/mol. The molecule has 1 aromatic carbocycles. The highest BCUT2D eigenvalue weighted by molar-refractivity contribution is 6.43. The number of nitrogens with two attached hydrogens (primary N) is 1. The third kappa shape index (κ3) is 2.92. The number of amides is 1. The van der Waals surface area contributed by atoms with Crippen LogP contribution in [0.25, 0.3) is 0 Å². The van der Waals surface area contributed by atoms with Crippen LogP contribution in [0.2, 0.25) is 10.2 Å². The molecule has 1 heterocycles. The first kappa shape index (κ1) is 14.4. The Balaban J connectivity index is 2.26. The molecule has 1 aromatic heterocycles. The number of anilines is 2. The lowest BCUT2D eigenvalue weighted by molar-refractivity contribution is 0.102. The van der Waals surface area contributed by atoms with E-state index in [0.717, 1.165) is 0 Å². The summed E-state index contributed by atoms with van der Waals surface area (Å²) in [7, 11) is 1.47. The average Bonchev–Trinajstić information content (AvgIpc) is 2.44. The van der Waals surface area contributed by atoms with Gasteiger partial charge < -0.3 is 15.8 Å². The molecular weight excluding hydrogens is 303 g/mol. The summed E-state index contributed by atoms with van der Waals surface area (Å²) < 4.78 is 5.05. The molecule has 1 amide bonds. The molecule has 0 atom stereocenters. The van der Waals surface area contributed by atoms with Crippen LogP contribution in [-0.4, -0.2) is 23.0 Å². The molecule has 6 nitrogen and oxygen atoms in total. The van der Waals surface area contributed by atoms with Gasteiger partial charge in [-0.1, -0.05) is 23.2 Å². The largest absolute Gasteiger partial charge is 0.495 e. The molecule has 2 rings (SSSR count). The summed E-state index contributed by atoms with van der Waals surface area (Å²) in [6.45, 7) is 0. The normalized spacial score (nSPS) is 10.2. The zero-order chi connectivity index (χ0) is 14.7. The fourth-order valence-corrected chi connectivity index (χ4v) is 1.75. The number of methoxy groups -OCH3 is 1. The van der Waals surface area contributed by atoms with Crippen LogP contribution in [0.4, 0.5) is 11.5 Å². The van der Waals surface area contributed by atoms with E-state index in [4.69, 9.17) is 33.7 Å². The number of aromatic nitrogens is 2. The number of nitrogens with one attached hydrogen (secondary N) is 1. The van der Waals surface area contributed by atoms with E-state index in [0.29, 0.717) is 17.0 Å². The van der Waals surface area contributed by atoms with Gasteiger partial charge in [0.1, 0.15) is 17.1 Å². The number of hydrogen-bond acceptors (Lipinski definition) is 5. The van der Waals surface area contributed by atoms with E-state index >= 15 is 0 Å². The molecule has 0 fully saturated rings. The van der Waals surface area contributed by atoms with Gasteiger partial charge in [-0.05, 0) is 18.2 Å². The molecule has 0 unspecified atom stereocenters. The minimum Gasteiger partial charge on any atom is -0.495 e. The molecule has 0 spiro atoms. The smallest absolute Gasteiger partial charge is 0.256 e. The van der Waals surface area contributed by atoms with Crippen molar-refractivity contribution in [3.63, 3.8) is 0 Å². The molecule has 20 heavy (non-hydrogen) atoms. The number of benzene rings is 1. The maximum Gasteiger partial charge on any atom is 0.256 e. The zero-order valence-electron chi connectivity index (χ0n) is 10.4. The summed E-state index contributed by atoms with van der Waals surface area (Å²) in [6, 6.07) is 4.65. The second-order valence-corrected chi connectivity index (χ2v) is 4.47. The number of carbonyl (C=O) groups is 1. The van der Waals surface area contributed by atoms with Gasteiger partial charge in [0.05, 0.1) is 12.8 Å². The standard InChI is InChI=1S/C12H10Cl2N4O2/c1-20-8-4-6(2-3-7(8)15)12(19)18-11-9(13)10(14)16-5-17-11/h2-5H,15H2,1H3,(H,16,17,18,19). The minimum absolute atomic E-state index is 0.0619. The molecule has 0 aliphatic heterocycles. The van der Waals surface area contributed by atoms with E-state index < -0.39 is 5.91 Å². The van der Waals surface area contributed by atoms with E-state index in [9.17, 15) is 4.79 Å². The Morgan fingerprint density at radius 1 is 1.35 bits per heavy atom. The molecule has 3 N–H and O–H groups in total. The third-order valence-electron chi connectivity index (χ3n) is 2.47. The lowest BCUT2D eigenvalue weighted by Gasteiger charge is -2.09. The molecule has 0 radical (unpaired) electrons. The van der Waals surface area contributed by atoms with Gasteiger partial charge in [0.15, 0.2) is 11.0 Å². The third-order valence-corrected chi connectivity index (χ3v) is 3.22. The molecule has 0 saturated carbocycles. The first-order valence-corrected chi connectivity index (χ1v) is 6.19. The van der Waals surface area contributed by atoms with Gasteiger partial charge in [-0.15, -0.1) is 0 Å².